The van der Waals surface area contributed by atoms with Crippen molar-refractivity contribution in [2.45, 2.75) is 6.92 Å². The van der Waals surface area contributed by atoms with E-state index in [-0.39, 0.29) is 0 Å². The first-order valence-electron chi connectivity index (χ1n) is 2.65. The van der Waals surface area contributed by atoms with Crippen LogP contribution in [-0.2, 0) is 0 Å². The first kappa shape index (κ1) is 5.88. The number of aromatic amines is 1. The Morgan fingerprint density at radius 2 is 2.44 bits per heavy atom. The van der Waals surface area contributed by atoms with Gasteiger partial charge in [-0.3, -0.25) is 4.79 Å². The fourth-order valence-electron chi connectivity index (χ4n) is 0.713. The molecule has 0 aromatic carbocycles. The maximum Gasteiger partial charge on any atom is 0.265 e. The van der Waals surface area contributed by atoms with Crippen molar-refractivity contribution in [2.75, 3.05) is 0 Å². The predicted octanol–water partition coefficient (Wildman–Crippen LogP) is 0.422. The van der Waals surface area contributed by atoms with E-state index in [2.05, 4.69) is 4.98 Å². The van der Waals surface area contributed by atoms with Crippen LogP contribution >= 0.6 is 0 Å². The molecule has 0 saturated carbocycles. The molecule has 0 spiro atoms. The third-order valence-electron chi connectivity index (χ3n) is 1.20. The summed E-state index contributed by atoms with van der Waals surface area (Å²) in [5.41, 5.74) is 6.38. The average Bonchev–Trinajstić information content (AvgIpc) is 2.13. The fraction of sp³-hybridized carbons (Fsp3) is 0.167. The van der Waals surface area contributed by atoms with Gasteiger partial charge in [-0.25, -0.2) is 0 Å². The number of hydrogen-bond acceptors (Lipinski definition) is 1. The molecule has 0 aliphatic heterocycles. The number of primary amides is 1. The summed E-state index contributed by atoms with van der Waals surface area (Å²) < 4.78 is 0. The lowest BCUT2D eigenvalue weighted by Gasteiger charge is -1.88. The molecule has 48 valence electrons. The molecule has 3 nitrogen and oxygen atoms in total. The molecule has 9 heavy (non-hydrogen) atoms. The number of carbonyl (C=O) groups excluding carboxylic acids is 1. The Kier molecular flexibility index (Phi) is 1.26. The number of rotatable bonds is 1. The molecule has 0 aliphatic rings. The van der Waals surface area contributed by atoms with Crippen molar-refractivity contribution in [1.29, 1.82) is 0 Å². The standard InChI is InChI=1S/C6H8N2O/c1-4-2-3-8-5(4)6(7)9/h2-3,8H,1H3,(H2,7,9). The van der Waals surface area contributed by atoms with E-state index >= 15 is 0 Å². The Labute approximate surface area is 52.9 Å². The second kappa shape index (κ2) is 1.93. The maximum atomic E-state index is 10.5. The van der Waals surface area contributed by atoms with Crippen LogP contribution in [0.2, 0.25) is 0 Å². The largest absolute Gasteiger partial charge is 0.364 e. The van der Waals surface area contributed by atoms with E-state index < -0.39 is 5.91 Å². The summed E-state index contributed by atoms with van der Waals surface area (Å²) >= 11 is 0. The molecular weight excluding hydrogens is 116 g/mol. The summed E-state index contributed by atoms with van der Waals surface area (Å²) in [6.45, 7) is 1.83. The van der Waals surface area contributed by atoms with Gasteiger partial charge in [0.25, 0.3) is 5.91 Å². The number of carbonyl (C=O) groups is 1. The molecule has 1 aromatic heterocycles. The van der Waals surface area contributed by atoms with Crippen LogP contribution < -0.4 is 5.73 Å². The zero-order valence-corrected chi connectivity index (χ0v) is 5.14. The van der Waals surface area contributed by atoms with Gasteiger partial charge in [0.15, 0.2) is 0 Å². The smallest absolute Gasteiger partial charge is 0.265 e. The van der Waals surface area contributed by atoms with E-state index in [1.165, 1.54) is 0 Å². The second-order valence-corrected chi connectivity index (χ2v) is 1.90. The first-order chi connectivity index (χ1) is 4.22. The summed E-state index contributed by atoms with van der Waals surface area (Å²) in [5, 5.41) is 0. The number of amides is 1. The molecule has 3 heteroatoms. The van der Waals surface area contributed by atoms with Gasteiger partial charge in [0.1, 0.15) is 5.69 Å². The molecule has 0 bridgehead atoms. The van der Waals surface area contributed by atoms with Gasteiger partial charge in [0.05, 0.1) is 0 Å². The molecule has 0 saturated heterocycles. The lowest BCUT2D eigenvalue weighted by atomic mass is 10.3. The molecule has 0 fully saturated rings. The zero-order chi connectivity index (χ0) is 6.85. The molecule has 1 heterocycles. The first-order valence-corrected chi connectivity index (χ1v) is 2.65. The SMILES string of the molecule is Cc1cc[nH]c1C(N)=O. The van der Waals surface area contributed by atoms with Crippen LogP contribution in [0.5, 0.6) is 0 Å². The number of aromatic nitrogens is 1. The van der Waals surface area contributed by atoms with E-state index in [0.717, 1.165) is 5.56 Å². The summed E-state index contributed by atoms with van der Waals surface area (Å²) in [6, 6.07) is 1.81. The Bertz CT molecular complexity index is 227. The monoisotopic (exact) mass is 124 g/mol. The van der Waals surface area contributed by atoms with Crippen molar-refractivity contribution in [3.63, 3.8) is 0 Å². The third kappa shape index (κ3) is 0.937. The quantitative estimate of drug-likeness (QED) is 0.560. The van der Waals surface area contributed by atoms with Gasteiger partial charge >= 0.3 is 0 Å². The maximum absolute atomic E-state index is 10.5. The molecule has 0 unspecified atom stereocenters. The van der Waals surface area contributed by atoms with E-state index in [1.807, 2.05) is 6.92 Å². The zero-order valence-electron chi connectivity index (χ0n) is 5.14. The number of aryl methyl sites for hydroxylation is 1. The highest BCUT2D eigenvalue weighted by Crippen LogP contribution is 2.01. The molecule has 3 N–H and O–H groups in total. The van der Waals surface area contributed by atoms with Crippen LogP contribution in [0.4, 0.5) is 0 Å². The van der Waals surface area contributed by atoms with Crippen LogP contribution in [-0.4, -0.2) is 10.9 Å². The topological polar surface area (TPSA) is 58.9 Å². The van der Waals surface area contributed by atoms with Crippen LogP contribution in [0.15, 0.2) is 12.3 Å². The fourth-order valence-corrected chi connectivity index (χ4v) is 0.713. The Morgan fingerprint density at radius 1 is 1.78 bits per heavy atom. The number of H-pyrrole nitrogens is 1. The molecule has 0 radical (unpaired) electrons. The highest BCUT2D eigenvalue weighted by Gasteiger charge is 2.02. The van der Waals surface area contributed by atoms with Crippen LogP contribution in [0.3, 0.4) is 0 Å². The van der Waals surface area contributed by atoms with Gasteiger partial charge in [-0.1, -0.05) is 0 Å². The van der Waals surface area contributed by atoms with Gasteiger partial charge in [-0.15, -0.1) is 0 Å². The molecule has 1 amide bonds. The minimum absolute atomic E-state index is 0.405. The van der Waals surface area contributed by atoms with Gasteiger partial charge in [-0.05, 0) is 18.6 Å². The van der Waals surface area contributed by atoms with E-state index in [9.17, 15) is 4.79 Å². The number of hydrogen-bond donors (Lipinski definition) is 2. The highest BCUT2D eigenvalue weighted by molar-refractivity contribution is 5.92. The number of nitrogens with two attached hydrogens (primary N) is 1. The highest BCUT2D eigenvalue weighted by atomic mass is 16.1. The minimum Gasteiger partial charge on any atom is -0.364 e. The van der Waals surface area contributed by atoms with E-state index in [1.54, 1.807) is 12.3 Å². The van der Waals surface area contributed by atoms with Gasteiger partial charge < -0.3 is 10.7 Å². The van der Waals surface area contributed by atoms with E-state index in [4.69, 9.17) is 5.73 Å². The molecular formula is C6H8N2O. The molecule has 0 aliphatic carbocycles. The van der Waals surface area contributed by atoms with Crippen LogP contribution in [0.1, 0.15) is 16.1 Å². The van der Waals surface area contributed by atoms with Crippen molar-refractivity contribution >= 4 is 5.91 Å². The Morgan fingerprint density at radius 3 is 2.67 bits per heavy atom. The van der Waals surface area contributed by atoms with Gasteiger partial charge in [-0.2, -0.15) is 0 Å². The van der Waals surface area contributed by atoms with Crippen molar-refractivity contribution in [1.82, 2.24) is 4.98 Å². The summed E-state index contributed by atoms with van der Waals surface area (Å²) in [6.07, 6.45) is 1.69. The Hall–Kier alpha value is -1.25. The molecule has 1 aromatic rings. The number of nitrogens with one attached hydrogen (secondary N) is 1. The van der Waals surface area contributed by atoms with Gasteiger partial charge in [0, 0.05) is 6.20 Å². The molecule has 0 atom stereocenters. The summed E-state index contributed by atoms with van der Waals surface area (Å²) in [7, 11) is 0. The van der Waals surface area contributed by atoms with Crippen molar-refractivity contribution in [3.05, 3.63) is 23.5 Å². The van der Waals surface area contributed by atoms with Crippen molar-refractivity contribution in [3.8, 4) is 0 Å². The van der Waals surface area contributed by atoms with Gasteiger partial charge in [0.2, 0.25) is 0 Å². The lowest BCUT2D eigenvalue weighted by molar-refractivity contribution is 0.0995. The van der Waals surface area contributed by atoms with Crippen molar-refractivity contribution in [2.24, 2.45) is 5.73 Å². The minimum atomic E-state index is -0.405. The van der Waals surface area contributed by atoms with Crippen molar-refractivity contribution < 1.29 is 4.79 Å². The normalized spacial score (nSPS) is 9.44. The molecule has 1 rings (SSSR count). The van der Waals surface area contributed by atoms with Crippen LogP contribution in [0.25, 0.3) is 0 Å². The third-order valence-corrected chi connectivity index (χ3v) is 1.20. The predicted molar refractivity (Wildman–Crippen MR) is 34.0 cm³/mol. The lowest BCUT2D eigenvalue weighted by Crippen LogP contribution is -2.12. The summed E-state index contributed by atoms with van der Waals surface area (Å²) in [5.74, 6) is -0.405. The average molecular weight is 124 g/mol. The Balaban J connectivity index is 3.08. The van der Waals surface area contributed by atoms with Crippen LogP contribution in [0, 0.1) is 6.92 Å². The second-order valence-electron chi connectivity index (χ2n) is 1.90. The van der Waals surface area contributed by atoms with E-state index in [0.29, 0.717) is 5.69 Å². The summed E-state index contributed by atoms with van der Waals surface area (Å²) in [4.78, 5) is 13.2.